The predicted octanol–water partition coefficient (Wildman–Crippen LogP) is 1.65. The van der Waals surface area contributed by atoms with Crippen LogP contribution in [0.4, 0.5) is 0 Å². The maximum atomic E-state index is 12.2. The van der Waals surface area contributed by atoms with E-state index in [0.29, 0.717) is 0 Å². The van der Waals surface area contributed by atoms with Gasteiger partial charge < -0.3 is 10.0 Å². The minimum absolute atomic E-state index is 0.205. The minimum Gasteiger partial charge on any atom is -0.396 e. The van der Waals surface area contributed by atoms with E-state index in [9.17, 15) is 4.79 Å². The Bertz CT molecular complexity index is 226. The SMILES string of the molecule is CCC(C)(C)C(=O)N1CCCC(CO)C1. The number of aliphatic hydroxyl groups is 1. The van der Waals surface area contributed by atoms with Crippen LogP contribution in [0.5, 0.6) is 0 Å². The lowest BCUT2D eigenvalue weighted by molar-refractivity contribution is -0.142. The van der Waals surface area contributed by atoms with E-state index >= 15 is 0 Å². The van der Waals surface area contributed by atoms with Crippen molar-refractivity contribution >= 4 is 5.91 Å². The summed E-state index contributed by atoms with van der Waals surface area (Å²) in [4.78, 5) is 14.1. The fourth-order valence-corrected chi connectivity index (χ4v) is 1.98. The average Bonchev–Trinajstić information content (AvgIpc) is 2.28. The Morgan fingerprint density at radius 2 is 2.20 bits per heavy atom. The molecular formula is C12H23NO2. The van der Waals surface area contributed by atoms with Gasteiger partial charge in [-0.15, -0.1) is 0 Å². The van der Waals surface area contributed by atoms with Crippen molar-refractivity contribution in [2.45, 2.75) is 40.0 Å². The van der Waals surface area contributed by atoms with Gasteiger partial charge in [0.25, 0.3) is 0 Å². The van der Waals surface area contributed by atoms with Crippen LogP contribution in [0.25, 0.3) is 0 Å². The molecule has 88 valence electrons. The molecule has 0 saturated carbocycles. The minimum atomic E-state index is -0.253. The highest BCUT2D eigenvalue weighted by atomic mass is 16.3. The molecule has 0 aromatic heterocycles. The second-order valence-corrected chi connectivity index (χ2v) is 5.18. The normalized spacial score (nSPS) is 22.9. The Balaban J connectivity index is 2.60. The number of hydrogen-bond acceptors (Lipinski definition) is 2. The summed E-state index contributed by atoms with van der Waals surface area (Å²) in [6.45, 7) is 7.84. The molecule has 0 aliphatic carbocycles. The first-order valence-corrected chi connectivity index (χ1v) is 5.91. The molecule has 1 amide bonds. The van der Waals surface area contributed by atoms with Crippen LogP contribution >= 0.6 is 0 Å². The standard InChI is InChI=1S/C12H23NO2/c1-4-12(2,3)11(15)13-7-5-6-10(8-13)9-14/h10,14H,4-9H2,1-3H3. The first-order valence-electron chi connectivity index (χ1n) is 5.91. The number of amides is 1. The van der Waals surface area contributed by atoms with Crippen LogP contribution in [0, 0.1) is 11.3 Å². The maximum absolute atomic E-state index is 12.2. The average molecular weight is 213 g/mol. The number of rotatable bonds is 3. The molecule has 3 nitrogen and oxygen atoms in total. The molecule has 1 rings (SSSR count). The van der Waals surface area contributed by atoms with E-state index in [1.165, 1.54) is 0 Å². The van der Waals surface area contributed by atoms with E-state index < -0.39 is 0 Å². The van der Waals surface area contributed by atoms with Crippen LogP contribution < -0.4 is 0 Å². The van der Waals surface area contributed by atoms with Crippen molar-refractivity contribution in [3.8, 4) is 0 Å². The molecule has 1 heterocycles. The van der Waals surface area contributed by atoms with E-state index in [2.05, 4.69) is 0 Å². The van der Waals surface area contributed by atoms with Gasteiger partial charge in [0.05, 0.1) is 0 Å². The van der Waals surface area contributed by atoms with Gasteiger partial charge in [0, 0.05) is 25.1 Å². The molecule has 15 heavy (non-hydrogen) atoms. The lowest BCUT2D eigenvalue weighted by atomic mass is 9.87. The van der Waals surface area contributed by atoms with Crippen molar-refractivity contribution in [2.75, 3.05) is 19.7 Å². The van der Waals surface area contributed by atoms with Gasteiger partial charge in [-0.3, -0.25) is 4.79 Å². The highest BCUT2D eigenvalue weighted by Crippen LogP contribution is 2.26. The summed E-state index contributed by atoms with van der Waals surface area (Å²) in [5, 5.41) is 9.11. The van der Waals surface area contributed by atoms with Gasteiger partial charge in [0.2, 0.25) is 5.91 Å². The number of nitrogens with zero attached hydrogens (tertiary/aromatic N) is 1. The molecule has 1 aliphatic heterocycles. The van der Waals surface area contributed by atoms with E-state index in [4.69, 9.17) is 5.11 Å². The molecule has 3 heteroatoms. The van der Waals surface area contributed by atoms with Gasteiger partial charge in [0.1, 0.15) is 0 Å². The second-order valence-electron chi connectivity index (χ2n) is 5.18. The Morgan fingerprint density at radius 1 is 1.53 bits per heavy atom. The number of piperidine rings is 1. The topological polar surface area (TPSA) is 40.5 Å². The first-order chi connectivity index (χ1) is 7.01. The third kappa shape index (κ3) is 2.94. The van der Waals surface area contributed by atoms with Gasteiger partial charge in [-0.05, 0) is 25.2 Å². The molecular weight excluding hydrogens is 190 g/mol. The summed E-state index contributed by atoms with van der Waals surface area (Å²) in [7, 11) is 0. The molecule has 0 aromatic rings. The molecule has 0 bridgehead atoms. The third-order valence-electron chi connectivity index (χ3n) is 3.53. The van der Waals surface area contributed by atoms with Gasteiger partial charge >= 0.3 is 0 Å². The van der Waals surface area contributed by atoms with Crippen molar-refractivity contribution < 1.29 is 9.90 Å². The summed E-state index contributed by atoms with van der Waals surface area (Å²) >= 11 is 0. The molecule has 1 fully saturated rings. The second kappa shape index (κ2) is 4.97. The zero-order chi connectivity index (χ0) is 11.5. The lowest BCUT2D eigenvalue weighted by Crippen LogP contribution is -2.46. The summed E-state index contributed by atoms with van der Waals surface area (Å²) < 4.78 is 0. The highest BCUT2D eigenvalue weighted by Gasteiger charge is 2.32. The summed E-state index contributed by atoms with van der Waals surface area (Å²) in [5.74, 6) is 0.526. The van der Waals surface area contributed by atoms with Crippen LogP contribution in [-0.2, 0) is 4.79 Å². The lowest BCUT2D eigenvalue weighted by Gasteiger charge is -2.36. The third-order valence-corrected chi connectivity index (χ3v) is 3.53. The molecule has 1 atom stereocenters. The van der Waals surface area contributed by atoms with E-state index in [0.717, 1.165) is 32.4 Å². The molecule has 0 radical (unpaired) electrons. The molecule has 1 unspecified atom stereocenters. The molecule has 1 N–H and O–H groups in total. The molecule has 0 aromatic carbocycles. The number of carbonyl (C=O) groups excluding carboxylic acids is 1. The Morgan fingerprint density at radius 3 is 2.73 bits per heavy atom. The Kier molecular flexibility index (Phi) is 4.14. The van der Waals surface area contributed by atoms with Crippen LogP contribution in [-0.4, -0.2) is 35.6 Å². The van der Waals surface area contributed by atoms with Gasteiger partial charge in [-0.1, -0.05) is 20.8 Å². The summed E-state index contributed by atoms with van der Waals surface area (Å²) in [5.41, 5.74) is -0.253. The van der Waals surface area contributed by atoms with Crippen molar-refractivity contribution in [1.29, 1.82) is 0 Å². The van der Waals surface area contributed by atoms with Crippen molar-refractivity contribution in [1.82, 2.24) is 4.90 Å². The summed E-state index contributed by atoms with van der Waals surface area (Å²) in [6.07, 6.45) is 2.94. The van der Waals surface area contributed by atoms with Gasteiger partial charge in [0.15, 0.2) is 0 Å². The zero-order valence-corrected chi connectivity index (χ0v) is 10.1. The monoisotopic (exact) mass is 213 g/mol. The van der Waals surface area contributed by atoms with Gasteiger partial charge in [-0.25, -0.2) is 0 Å². The smallest absolute Gasteiger partial charge is 0.228 e. The number of aliphatic hydroxyl groups excluding tert-OH is 1. The van der Waals surface area contributed by atoms with Crippen LogP contribution in [0.2, 0.25) is 0 Å². The predicted molar refractivity (Wildman–Crippen MR) is 60.5 cm³/mol. The number of hydrogen-bond donors (Lipinski definition) is 1. The van der Waals surface area contributed by atoms with Crippen LogP contribution in [0.15, 0.2) is 0 Å². The van der Waals surface area contributed by atoms with Crippen LogP contribution in [0.3, 0.4) is 0 Å². The Hall–Kier alpha value is -0.570. The van der Waals surface area contributed by atoms with E-state index in [1.54, 1.807) is 0 Å². The van der Waals surface area contributed by atoms with E-state index in [-0.39, 0.29) is 23.8 Å². The number of carbonyl (C=O) groups is 1. The molecule has 1 saturated heterocycles. The van der Waals surface area contributed by atoms with Crippen molar-refractivity contribution in [3.63, 3.8) is 0 Å². The fraction of sp³-hybridized carbons (Fsp3) is 0.917. The Labute approximate surface area is 92.5 Å². The molecule has 0 spiro atoms. The fourth-order valence-electron chi connectivity index (χ4n) is 1.98. The van der Waals surface area contributed by atoms with Gasteiger partial charge in [-0.2, -0.15) is 0 Å². The first kappa shape index (κ1) is 12.5. The number of likely N-dealkylation sites (tertiary alicyclic amines) is 1. The van der Waals surface area contributed by atoms with Crippen molar-refractivity contribution in [2.24, 2.45) is 11.3 Å². The largest absolute Gasteiger partial charge is 0.396 e. The quantitative estimate of drug-likeness (QED) is 0.774. The van der Waals surface area contributed by atoms with E-state index in [1.807, 2.05) is 25.7 Å². The van der Waals surface area contributed by atoms with Crippen molar-refractivity contribution in [3.05, 3.63) is 0 Å². The summed E-state index contributed by atoms with van der Waals surface area (Å²) in [6, 6.07) is 0. The highest BCUT2D eigenvalue weighted by molar-refractivity contribution is 5.82. The molecule has 1 aliphatic rings. The zero-order valence-electron chi connectivity index (χ0n) is 10.1. The maximum Gasteiger partial charge on any atom is 0.228 e. The van der Waals surface area contributed by atoms with Crippen LogP contribution in [0.1, 0.15) is 40.0 Å².